The molecule has 0 saturated carbocycles. The summed E-state index contributed by atoms with van der Waals surface area (Å²) in [5, 5.41) is 4.15. The molecule has 0 bridgehead atoms. The van der Waals surface area contributed by atoms with Crippen molar-refractivity contribution in [2.45, 2.75) is 26.2 Å². The Morgan fingerprint density at radius 2 is 2.24 bits per heavy atom. The van der Waals surface area contributed by atoms with Crippen LogP contribution >= 0.6 is 11.6 Å². The fraction of sp³-hybridized carbons (Fsp3) is 0.462. The van der Waals surface area contributed by atoms with Crippen LogP contribution in [0.5, 0.6) is 0 Å². The first kappa shape index (κ1) is 12.4. The molecule has 1 aromatic heterocycles. The van der Waals surface area contributed by atoms with Crippen LogP contribution in [0.1, 0.15) is 25.6 Å². The van der Waals surface area contributed by atoms with Gasteiger partial charge in [0.2, 0.25) is 0 Å². The molecule has 0 fully saturated rings. The number of halogens is 1. The Morgan fingerprint density at radius 1 is 1.35 bits per heavy atom. The third-order valence-electron chi connectivity index (χ3n) is 2.74. The van der Waals surface area contributed by atoms with Crippen molar-refractivity contribution in [2.24, 2.45) is 0 Å². The van der Waals surface area contributed by atoms with Crippen molar-refractivity contribution in [3.8, 4) is 0 Å². The van der Waals surface area contributed by atoms with Crippen molar-refractivity contribution in [2.75, 3.05) is 13.1 Å². The fourth-order valence-corrected chi connectivity index (χ4v) is 1.96. The maximum Gasteiger partial charge on any atom is 0.108 e. The third kappa shape index (κ3) is 3.45. The molecule has 0 aliphatic carbocycles. The summed E-state index contributed by atoms with van der Waals surface area (Å²) in [4.78, 5) is 7.81. The van der Waals surface area contributed by atoms with Gasteiger partial charge in [0.25, 0.3) is 0 Å². The molecule has 0 aliphatic rings. The number of rotatable bonds is 6. The lowest BCUT2D eigenvalue weighted by Gasteiger charge is -2.00. The number of fused-ring (bicyclic) bond motifs is 1. The summed E-state index contributed by atoms with van der Waals surface area (Å²) >= 11 is 5.93. The molecule has 0 aliphatic heterocycles. The lowest BCUT2D eigenvalue weighted by atomic mass is 10.3. The molecule has 0 atom stereocenters. The Morgan fingerprint density at radius 3 is 3.06 bits per heavy atom. The van der Waals surface area contributed by atoms with Gasteiger partial charge in [-0.2, -0.15) is 0 Å². The third-order valence-corrected chi connectivity index (χ3v) is 2.97. The van der Waals surface area contributed by atoms with Gasteiger partial charge in [-0.15, -0.1) is 0 Å². The molecule has 1 heterocycles. The Kier molecular flexibility index (Phi) is 4.40. The summed E-state index contributed by atoms with van der Waals surface area (Å²) in [6.45, 7) is 4.25. The summed E-state index contributed by atoms with van der Waals surface area (Å²) in [7, 11) is 0. The highest BCUT2D eigenvalue weighted by atomic mass is 35.5. The number of hydrogen-bond acceptors (Lipinski definition) is 2. The summed E-state index contributed by atoms with van der Waals surface area (Å²) < 4.78 is 0. The molecule has 4 heteroatoms. The first-order chi connectivity index (χ1) is 8.29. The van der Waals surface area contributed by atoms with Gasteiger partial charge in [0, 0.05) is 18.0 Å². The topological polar surface area (TPSA) is 40.7 Å². The van der Waals surface area contributed by atoms with Gasteiger partial charge in [-0.05, 0) is 31.2 Å². The lowest BCUT2D eigenvalue weighted by molar-refractivity contribution is 0.633. The van der Waals surface area contributed by atoms with E-state index in [0.29, 0.717) is 0 Å². The largest absolute Gasteiger partial charge is 0.342 e. The standard InChI is InChI=1S/C13H18ClN3/c1-2-3-7-15-8-6-13-16-11-5-4-10(14)9-12(11)17-13/h4-5,9,15H,2-3,6-8H2,1H3,(H,16,17). The minimum absolute atomic E-state index is 0.744. The average molecular weight is 252 g/mol. The Bertz CT molecular complexity index is 478. The van der Waals surface area contributed by atoms with Gasteiger partial charge in [-0.1, -0.05) is 24.9 Å². The van der Waals surface area contributed by atoms with Gasteiger partial charge in [0.15, 0.2) is 0 Å². The zero-order valence-electron chi connectivity index (χ0n) is 10.1. The molecule has 2 aromatic rings. The predicted octanol–water partition coefficient (Wildman–Crippen LogP) is 3.15. The fourth-order valence-electron chi connectivity index (χ4n) is 1.79. The molecule has 1 aromatic carbocycles. The van der Waals surface area contributed by atoms with Crippen molar-refractivity contribution in [1.82, 2.24) is 15.3 Å². The van der Waals surface area contributed by atoms with E-state index in [4.69, 9.17) is 11.6 Å². The smallest absolute Gasteiger partial charge is 0.108 e. The molecule has 92 valence electrons. The number of nitrogens with one attached hydrogen (secondary N) is 2. The van der Waals surface area contributed by atoms with Crippen LogP contribution in [0.4, 0.5) is 0 Å². The molecule has 0 spiro atoms. The number of nitrogens with zero attached hydrogens (tertiary/aromatic N) is 1. The van der Waals surface area contributed by atoms with Gasteiger partial charge in [0.05, 0.1) is 11.0 Å². The molecule has 0 saturated heterocycles. The quantitative estimate of drug-likeness (QED) is 0.775. The van der Waals surface area contributed by atoms with E-state index in [9.17, 15) is 0 Å². The van der Waals surface area contributed by atoms with Crippen LogP contribution in [0.25, 0.3) is 11.0 Å². The van der Waals surface area contributed by atoms with E-state index in [1.807, 2.05) is 18.2 Å². The van der Waals surface area contributed by atoms with E-state index in [0.717, 1.165) is 41.4 Å². The zero-order chi connectivity index (χ0) is 12.1. The summed E-state index contributed by atoms with van der Waals surface area (Å²) in [6.07, 6.45) is 3.39. The number of H-pyrrole nitrogens is 1. The van der Waals surface area contributed by atoms with Gasteiger partial charge >= 0.3 is 0 Å². The summed E-state index contributed by atoms with van der Waals surface area (Å²) in [5.74, 6) is 1.02. The second-order valence-corrected chi connectivity index (χ2v) is 4.63. The Balaban J connectivity index is 1.91. The van der Waals surface area contributed by atoms with Crippen molar-refractivity contribution in [3.05, 3.63) is 29.0 Å². The molecular weight excluding hydrogens is 234 g/mol. The van der Waals surface area contributed by atoms with Gasteiger partial charge in [-0.25, -0.2) is 4.98 Å². The number of unbranched alkanes of at least 4 members (excludes halogenated alkanes) is 1. The lowest BCUT2D eigenvalue weighted by Crippen LogP contribution is -2.18. The second-order valence-electron chi connectivity index (χ2n) is 4.20. The molecule has 0 amide bonds. The van der Waals surface area contributed by atoms with E-state index in [1.165, 1.54) is 12.8 Å². The van der Waals surface area contributed by atoms with E-state index < -0.39 is 0 Å². The van der Waals surface area contributed by atoms with Crippen LogP contribution < -0.4 is 5.32 Å². The van der Waals surface area contributed by atoms with Gasteiger partial charge < -0.3 is 10.3 Å². The van der Waals surface area contributed by atoms with Crippen molar-refractivity contribution in [1.29, 1.82) is 0 Å². The van der Waals surface area contributed by atoms with Crippen LogP contribution in [0.3, 0.4) is 0 Å². The monoisotopic (exact) mass is 251 g/mol. The second kappa shape index (κ2) is 6.03. The van der Waals surface area contributed by atoms with Crippen molar-refractivity contribution in [3.63, 3.8) is 0 Å². The molecule has 2 rings (SSSR count). The maximum absolute atomic E-state index is 5.93. The van der Waals surface area contributed by atoms with Crippen LogP contribution in [-0.4, -0.2) is 23.1 Å². The van der Waals surface area contributed by atoms with Crippen LogP contribution in [0.15, 0.2) is 18.2 Å². The average Bonchev–Trinajstić information content (AvgIpc) is 2.70. The summed E-state index contributed by atoms with van der Waals surface area (Å²) in [6, 6.07) is 5.73. The Hall–Kier alpha value is -1.06. The number of aromatic nitrogens is 2. The normalized spacial score (nSPS) is 11.2. The minimum Gasteiger partial charge on any atom is -0.342 e. The predicted molar refractivity (Wildman–Crippen MR) is 72.6 cm³/mol. The Labute approximate surface area is 107 Å². The molecule has 2 N–H and O–H groups in total. The van der Waals surface area contributed by atoms with Crippen molar-refractivity contribution < 1.29 is 0 Å². The molecule has 17 heavy (non-hydrogen) atoms. The number of aromatic amines is 1. The van der Waals surface area contributed by atoms with E-state index in [1.54, 1.807) is 0 Å². The van der Waals surface area contributed by atoms with Gasteiger partial charge in [-0.3, -0.25) is 0 Å². The SMILES string of the molecule is CCCCNCCc1nc2ccc(Cl)cc2[nH]1. The highest BCUT2D eigenvalue weighted by Gasteiger charge is 2.02. The number of hydrogen-bond donors (Lipinski definition) is 2. The van der Waals surface area contributed by atoms with Crippen LogP contribution in [-0.2, 0) is 6.42 Å². The minimum atomic E-state index is 0.744. The zero-order valence-corrected chi connectivity index (χ0v) is 10.8. The molecule has 3 nitrogen and oxygen atoms in total. The first-order valence-corrected chi connectivity index (χ1v) is 6.52. The van der Waals surface area contributed by atoms with Crippen LogP contribution in [0, 0.1) is 0 Å². The van der Waals surface area contributed by atoms with E-state index in [-0.39, 0.29) is 0 Å². The van der Waals surface area contributed by atoms with Crippen LogP contribution in [0.2, 0.25) is 5.02 Å². The van der Waals surface area contributed by atoms with E-state index in [2.05, 4.69) is 22.2 Å². The van der Waals surface area contributed by atoms with Crippen molar-refractivity contribution >= 4 is 22.6 Å². The number of benzene rings is 1. The molecule has 0 radical (unpaired) electrons. The molecule has 0 unspecified atom stereocenters. The highest BCUT2D eigenvalue weighted by molar-refractivity contribution is 6.31. The summed E-state index contributed by atoms with van der Waals surface area (Å²) in [5.41, 5.74) is 2.00. The van der Waals surface area contributed by atoms with E-state index >= 15 is 0 Å². The number of imidazole rings is 1. The van der Waals surface area contributed by atoms with Gasteiger partial charge in [0.1, 0.15) is 5.82 Å². The molecular formula is C13H18ClN3. The highest BCUT2D eigenvalue weighted by Crippen LogP contribution is 2.17. The first-order valence-electron chi connectivity index (χ1n) is 6.14. The maximum atomic E-state index is 5.93.